The molecule has 1 aliphatic heterocycles. The van der Waals surface area contributed by atoms with Crippen LogP contribution in [-0.4, -0.2) is 43.2 Å². The van der Waals surface area contributed by atoms with Crippen LogP contribution in [0.2, 0.25) is 0 Å². The van der Waals surface area contributed by atoms with Gasteiger partial charge in [-0.3, -0.25) is 0 Å². The Labute approximate surface area is 128 Å². The zero-order valence-electron chi connectivity index (χ0n) is 12.7. The van der Waals surface area contributed by atoms with Crippen molar-refractivity contribution in [1.82, 2.24) is 10.2 Å². The van der Waals surface area contributed by atoms with Gasteiger partial charge in [0.05, 0.1) is 0 Å². The van der Waals surface area contributed by atoms with E-state index in [1.54, 1.807) is 0 Å². The number of thiocarbonyl (C=S) groups is 1. The first-order valence-corrected chi connectivity index (χ1v) is 7.81. The van der Waals surface area contributed by atoms with Crippen LogP contribution in [-0.2, 0) is 6.42 Å². The maximum Gasteiger partial charge on any atom is 0.168 e. The lowest BCUT2D eigenvalue weighted by Gasteiger charge is -2.37. The van der Waals surface area contributed by atoms with Gasteiger partial charge < -0.3 is 15.1 Å². The highest BCUT2D eigenvalue weighted by atomic mass is 32.1. The molecule has 4 heteroatoms. The summed E-state index contributed by atoms with van der Waals surface area (Å²) in [5.41, 5.74) is 2.78. The minimum Gasteiger partial charge on any atom is -0.368 e. The second kappa shape index (κ2) is 6.93. The van der Waals surface area contributed by atoms with Gasteiger partial charge in [0.15, 0.2) is 5.11 Å². The largest absolute Gasteiger partial charge is 0.368 e. The minimum atomic E-state index is 0.704. The van der Waals surface area contributed by atoms with E-state index in [2.05, 4.69) is 53.2 Å². The van der Waals surface area contributed by atoms with Crippen LogP contribution in [0.4, 0.5) is 5.69 Å². The van der Waals surface area contributed by atoms with Crippen LogP contribution >= 0.6 is 12.2 Å². The molecule has 1 N–H and O–H groups in total. The highest BCUT2D eigenvalue weighted by Crippen LogP contribution is 2.20. The Morgan fingerprint density at radius 1 is 1.25 bits per heavy atom. The number of rotatable bonds is 3. The molecule has 1 aromatic carbocycles. The molecule has 0 atom stereocenters. The molecule has 0 saturated carbocycles. The number of hydrogen-bond donors (Lipinski definition) is 1. The van der Waals surface area contributed by atoms with Crippen molar-refractivity contribution < 1.29 is 0 Å². The van der Waals surface area contributed by atoms with Gasteiger partial charge in [-0.2, -0.15) is 0 Å². The van der Waals surface area contributed by atoms with Gasteiger partial charge in [0, 0.05) is 38.9 Å². The fourth-order valence-corrected chi connectivity index (χ4v) is 2.86. The zero-order chi connectivity index (χ0) is 14.5. The Kier molecular flexibility index (Phi) is 5.24. The van der Waals surface area contributed by atoms with E-state index in [4.69, 9.17) is 12.2 Å². The molecule has 0 aromatic heterocycles. The lowest BCUT2D eigenvalue weighted by Crippen LogP contribution is -2.51. The fraction of sp³-hybridized carbons (Fsp3) is 0.562. The lowest BCUT2D eigenvalue weighted by molar-refractivity contribution is 0.383. The molecule has 20 heavy (non-hydrogen) atoms. The number of nitrogens with zero attached hydrogens (tertiary/aromatic N) is 2. The molecule has 0 bridgehead atoms. The predicted octanol–water partition coefficient (Wildman–Crippen LogP) is 2.51. The van der Waals surface area contributed by atoms with Crippen molar-refractivity contribution in [3.05, 3.63) is 29.8 Å². The Balaban J connectivity index is 1.98. The third kappa shape index (κ3) is 3.85. The molecule has 2 rings (SSSR count). The van der Waals surface area contributed by atoms with Crippen molar-refractivity contribution in [2.75, 3.05) is 38.1 Å². The molecule has 110 valence electrons. The van der Waals surface area contributed by atoms with Crippen molar-refractivity contribution in [3.8, 4) is 0 Å². The van der Waals surface area contributed by atoms with Gasteiger partial charge in [0.1, 0.15) is 0 Å². The van der Waals surface area contributed by atoms with Crippen LogP contribution in [0.5, 0.6) is 0 Å². The summed E-state index contributed by atoms with van der Waals surface area (Å²) >= 11 is 5.30. The average molecular weight is 291 g/mol. The van der Waals surface area contributed by atoms with Gasteiger partial charge in [0.25, 0.3) is 0 Å². The Morgan fingerprint density at radius 3 is 2.55 bits per heavy atom. The summed E-state index contributed by atoms with van der Waals surface area (Å²) in [6.45, 7) is 8.59. The Bertz CT molecular complexity index is 451. The molecule has 1 fully saturated rings. The number of anilines is 1. The van der Waals surface area contributed by atoms with E-state index >= 15 is 0 Å². The van der Waals surface area contributed by atoms with Gasteiger partial charge in [-0.15, -0.1) is 0 Å². The molecule has 1 aromatic rings. The van der Waals surface area contributed by atoms with E-state index in [-0.39, 0.29) is 0 Å². The summed E-state index contributed by atoms with van der Waals surface area (Å²) < 4.78 is 0. The monoisotopic (exact) mass is 291 g/mol. The Hall–Kier alpha value is -1.29. The van der Waals surface area contributed by atoms with Crippen molar-refractivity contribution in [2.24, 2.45) is 5.92 Å². The van der Waals surface area contributed by atoms with Crippen LogP contribution in [0.1, 0.15) is 19.4 Å². The molecular weight excluding hydrogens is 266 g/mol. The van der Waals surface area contributed by atoms with E-state index in [9.17, 15) is 0 Å². The summed E-state index contributed by atoms with van der Waals surface area (Å²) in [6, 6.07) is 8.97. The van der Waals surface area contributed by atoms with Gasteiger partial charge in [-0.25, -0.2) is 0 Å². The van der Waals surface area contributed by atoms with Crippen molar-refractivity contribution in [2.45, 2.75) is 20.3 Å². The molecule has 3 nitrogen and oxygen atoms in total. The molecule has 1 heterocycles. The topological polar surface area (TPSA) is 18.5 Å². The van der Waals surface area contributed by atoms with E-state index in [0.29, 0.717) is 5.92 Å². The smallest absolute Gasteiger partial charge is 0.168 e. The summed E-state index contributed by atoms with van der Waals surface area (Å²) in [7, 11) is 1.89. The SMILES string of the molecule is CNC(=S)N1CCN(c2cccc(CC(C)C)c2)CC1. The first-order valence-electron chi connectivity index (χ1n) is 7.40. The molecule has 0 aliphatic carbocycles. The van der Waals surface area contributed by atoms with Gasteiger partial charge >= 0.3 is 0 Å². The number of piperazine rings is 1. The molecule has 1 saturated heterocycles. The van der Waals surface area contributed by atoms with Crippen molar-refractivity contribution >= 4 is 23.0 Å². The molecule has 0 amide bonds. The van der Waals surface area contributed by atoms with E-state index in [1.165, 1.54) is 11.3 Å². The predicted molar refractivity (Wildman–Crippen MR) is 90.4 cm³/mol. The van der Waals surface area contributed by atoms with Crippen molar-refractivity contribution in [1.29, 1.82) is 0 Å². The van der Waals surface area contributed by atoms with Crippen LogP contribution in [0.15, 0.2) is 24.3 Å². The number of hydrogen-bond acceptors (Lipinski definition) is 2. The van der Waals surface area contributed by atoms with Gasteiger partial charge in [0.2, 0.25) is 0 Å². The summed E-state index contributed by atoms with van der Waals surface area (Å²) in [5, 5.41) is 3.92. The lowest BCUT2D eigenvalue weighted by atomic mass is 10.0. The number of nitrogens with one attached hydrogen (secondary N) is 1. The molecule has 0 unspecified atom stereocenters. The molecule has 0 spiro atoms. The van der Waals surface area contributed by atoms with Gasteiger partial charge in [-0.05, 0) is 42.3 Å². The maximum atomic E-state index is 5.30. The van der Waals surface area contributed by atoms with Crippen LogP contribution < -0.4 is 10.2 Å². The van der Waals surface area contributed by atoms with Gasteiger partial charge in [-0.1, -0.05) is 26.0 Å². The quantitative estimate of drug-likeness (QED) is 0.862. The van der Waals surface area contributed by atoms with Crippen LogP contribution in [0.25, 0.3) is 0 Å². The Morgan fingerprint density at radius 2 is 1.95 bits per heavy atom. The van der Waals surface area contributed by atoms with E-state index in [1.807, 2.05) is 7.05 Å². The fourth-order valence-electron chi connectivity index (χ4n) is 2.68. The highest BCUT2D eigenvalue weighted by molar-refractivity contribution is 7.80. The first kappa shape index (κ1) is 15.1. The van der Waals surface area contributed by atoms with Crippen LogP contribution in [0, 0.1) is 5.92 Å². The third-order valence-corrected chi connectivity index (χ3v) is 4.16. The normalized spacial score (nSPS) is 15.6. The molecule has 0 radical (unpaired) electrons. The summed E-state index contributed by atoms with van der Waals surface area (Å²) in [6.07, 6.45) is 1.15. The number of benzene rings is 1. The van der Waals surface area contributed by atoms with Crippen molar-refractivity contribution in [3.63, 3.8) is 0 Å². The van der Waals surface area contributed by atoms with Crippen LogP contribution in [0.3, 0.4) is 0 Å². The summed E-state index contributed by atoms with van der Waals surface area (Å²) in [5.74, 6) is 0.704. The molecule has 1 aliphatic rings. The summed E-state index contributed by atoms with van der Waals surface area (Å²) in [4.78, 5) is 4.70. The standard InChI is InChI=1S/C16H25N3S/c1-13(2)11-14-5-4-6-15(12-14)18-7-9-19(10-8-18)16(20)17-3/h4-6,12-13H,7-11H2,1-3H3,(H,17,20). The average Bonchev–Trinajstić information content (AvgIpc) is 2.46. The van der Waals surface area contributed by atoms with E-state index < -0.39 is 0 Å². The minimum absolute atomic E-state index is 0.704. The zero-order valence-corrected chi connectivity index (χ0v) is 13.5. The first-order chi connectivity index (χ1) is 9.60. The maximum absolute atomic E-state index is 5.30. The second-order valence-electron chi connectivity index (χ2n) is 5.80. The molecular formula is C16H25N3S. The highest BCUT2D eigenvalue weighted by Gasteiger charge is 2.18. The van der Waals surface area contributed by atoms with E-state index in [0.717, 1.165) is 37.7 Å². The second-order valence-corrected chi connectivity index (χ2v) is 6.18. The third-order valence-electron chi connectivity index (χ3n) is 3.70.